The summed E-state index contributed by atoms with van der Waals surface area (Å²) in [6.45, 7) is 9.89. The molecule has 0 aliphatic carbocycles. The van der Waals surface area contributed by atoms with Gasteiger partial charge in [-0.25, -0.2) is 0 Å². The van der Waals surface area contributed by atoms with Crippen LogP contribution in [-0.4, -0.2) is 60.4 Å². The maximum Gasteiger partial charge on any atom is 0.240 e. The minimum Gasteiger partial charge on any atom is -0.343 e. The van der Waals surface area contributed by atoms with Crippen molar-refractivity contribution in [1.82, 2.24) is 15.1 Å². The number of piperazine rings is 1. The predicted octanol–water partition coefficient (Wildman–Crippen LogP) is 1.40. The van der Waals surface area contributed by atoms with E-state index in [0.29, 0.717) is 12.3 Å². The molecular formula is C17H29N3O2. The van der Waals surface area contributed by atoms with E-state index in [4.69, 9.17) is 0 Å². The molecule has 5 nitrogen and oxygen atoms in total. The Kier molecular flexibility index (Phi) is 6.43. The second-order valence-electron chi connectivity index (χ2n) is 6.53. The Morgan fingerprint density at radius 2 is 2.09 bits per heavy atom. The van der Waals surface area contributed by atoms with Gasteiger partial charge in [-0.15, -0.1) is 6.58 Å². The molecule has 2 rings (SSSR count). The normalized spacial score (nSPS) is 23.7. The SMILES string of the molecule is C=CCCCN1CCNC(CC(=O)N2CCC(C)CC2)C1=O. The molecule has 2 saturated heterocycles. The number of amides is 2. The number of piperidine rings is 1. The lowest BCUT2D eigenvalue weighted by molar-refractivity contribution is -0.141. The fourth-order valence-corrected chi connectivity index (χ4v) is 3.16. The third-order valence-electron chi connectivity index (χ3n) is 4.73. The summed E-state index contributed by atoms with van der Waals surface area (Å²) in [6, 6.07) is -0.343. The van der Waals surface area contributed by atoms with E-state index in [9.17, 15) is 9.59 Å². The standard InChI is InChI=1S/C17H29N3O2/c1-3-4-5-9-20-12-8-18-15(17(20)22)13-16(21)19-10-6-14(2)7-11-19/h3,14-15,18H,1,4-13H2,2H3. The van der Waals surface area contributed by atoms with Crippen molar-refractivity contribution in [2.45, 2.75) is 45.1 Å². The quantitative estimate of drug-likeness (QED) is 0.596. The lowest BCUT2D eigenvalue weighted by atomic mass is 9.98. The van der Waals surface area contributed by atoms with E-state index in [1.54, 1.807) is 0 Å². The number of hydrogen-bond donors (Lipinski definition) is 1. The molecule has 1 atom stereocenters. The van der Waals surface area contributed by atoms with Crippen LogP contribution in [-0.2, 0) is 9.59 Å². The summed E-state index contributed by atoms with van der Waals surface area (Å²) in [7, 11) is 0. The van der Waals surface area contributed by atoms with Crippen molar-refractivity contribution in [3.63, 3.8) is 0 Å². The molecule has 0 saturated carbocycles. The van der Waals surface area contributed by atoms with E-state index >= 15 is 0 Å². The number of carbonyl (C=O) groups is 2. The first-order valence-corrected chi connectivity index (χ1v) is 8.52. The first kappa shape index (κ1) is 17.0. The molecule has 5 heteroatoms. The Hall–Kier alpha value is -1.36. The molecular weight excluding hydrogens is 278 g/mol. The molecule has 0 aromatic heterocycles. The summed E-state index contributed by atoms with van der Waals surface area (Å²) >= 11 is 0. The van der Waals surface area contributed by atoms with Crippen molar-refractivity contribution in [2.75, 3.05) is 32.7 Å². The Labute approximate surface area is 133 Å². The molecule has 124 valence electrons. The number of allylic oxidation sites excluding steroid dienone is 1. The van der Waals surface area contributed by atoms with Crippen LogP contribution in [0.4, 0.5) is 0 Å². The van der Waals surface area contributed by atoms with Gasteiger partial charge in [0.25, 0.3) is 0 Å². The van der Waals surface area contributed by atoms with E-state index in [1.165, 1.54) is 0 Å². The highest BCUT2D eigenvalue weighted by Gasteiger charge is 2.31. The predicted molar refractivity (Wildman–Crippen MR) is 87.4 cm³/mol. The fraction of sp³-hybridized carbons (Fsp3) is 0.765. The highest BCUT2D eigenvalue weighted by Crippen LogP contribution is 2.17. The number of nitrogens with zero attached hydrogens (tertiary/aromatic N) is 2. The second-order valence-corrected chi connectivity index (χ2v) is 6.53. The van der Waals surface area contributed by atoms with Crippen LogP contribution in [0.3, 0.4) is 0 Å². The number of hydrogen-bond acceptors (Lipinski definition) is 3. The van der Waals surface area contributed by atoms with Gasteiger partial charge < -0.3 is 15.1 Å². The number of unbranched alkanes of at least 4 members (excludes halogenated alkanes) is 1. The van der Waals surface area contributed by atoms with Gasteiger partial charge in [0.05, 0.1) is 12.5 Å². The third-order valence-corrected chi connectivity index (χ3v) is 4.73. The fourth-order valence-electron chi connectivity index (χ4n) is 3.16. The lowest BCUT2D eigenvalue weighted by Gasteiger charge is -2.35. The van der Waals surface area contributed by atoms with Crippen LogP contribution in [0.25, 0.3) is 0 Å². The van der Waals surface area contributed by atoms with Crippen LogP contribution in [0, 0.1) is 5.92 Å². The molecule has 0 radical (unpaired) electrons. The van der Waals surface area contributed by atoms with Crippen molar-refractivity contribution in [1.29, 1.82) is 0 Å². The molecule has 2 aliphatic heterocycles. The van der Waals surface area contributed by atoms with Crippen molar-refractivity contribution >= 4 is 11.8 Å². The summed E-state index contributed by atoms with van der Waals surface area (Å²) in [5.74, 6) is 0.901. The van der Waals surface area contributed by atoms with E-state index in [1.807, 2.05) is 15.9 Å². The van der Waals surface area contributed by atoms with Crippen molar-refractivity contribution in [3.8, 4) is 0 Å². The number of rotatable bonds is 6. The van der Waals surface area contributed by atoms with Gasteiger partial charge in [-0.1, -0.05) is 13.0 Å². The molecule has 1 unspecified atom stereocenters. The van der Waals surface area contributed by atoms with Gasteiger partial charge in [0.2, 0.25) is 11.8 Å². The lowest BCUT2D eigenvalue weighted by Crippen LogP contribution is -2.56. The second kappa shape index (κ2) is 8.32. The average molecular weight is 307 g/mol. The molecule has 2 aliphatic rings. The first-order chi connectivity index (χ1) is 10.6. The zero-order valence-corrected chi connectivity index (χ0v) is 13.7. The maximum absolute atomic E-state index is 12.5. The van der Waals surface area contributed by atoms with E-state index < -0.39 is 0 Å². The van der Waals surface area contributed by atoms with E-state index in [0.717, 1.165) is 58.4 Å². The zero-order chi connectivity index (χ0) is 15.9. The molecule has 22 heavy (non-hydrogen) atoms. The highest BCUT2D eigenvalue weighted by atomic mass is 16.2. The minimum atomic E-state index is -0.343. The van der Waals surface area contributed by atoms with Gasteiger partial charge >= 0.3 is 0 Å². The maximum atomic E-state index is 12.5. The molecule has 0 aromatic carbocycles. The largest absolute Gasteiger partial charge is 0.343 e. The highest BCUT2D eigenvalue weighted by molar-refractivity contribution is 5.89. The van der Waals surface area contributed by atoms with E-state index in [2.05, 4.69) is 18.8 Å². The number of carbonyl (C=O) groups excluding carboxylic acids is 2. The van der Waals surface area contributed by atoms with Crippen LogP contribution in [0.2, 0.25) is 0 Å². The Morgan fingerprint density at radius 1 is 1.36 bits per heavy atom. The van der Waals surface area contributed by atoms with Gasteiger partial charge in [-0.05, 0) is 31.6 Å². The topological polar surface area (TPSA) is 52.7 Å². The molecule has 2 heterocycles. The summed E-state index contributed by atoms with van der Waals surface area (Å²) in [5, 5.41) is 3.21. The van der Waals surface area contributed by atoms with Crippen molar-refractivity contribution < 1.29 is 9.59 Å². The zero-order valence-electron chi connectivity index (χ0n) is 13.7. The van der Waals surface area contributed by atoms with Crippen LogP contribution in [0.15, 0.2) is 12.7 Å². The van der Waals surface area contributed by atoms with Crippen molar-refractivity contribution in [2.24, 2.45) is 5.92 Å². The van der Waals surface area contributed by atoms with Gasteiger partial charge in [-0.3, -0.25) is 9.59 Å². The summed E-state index contributed by atoms with van der Waals surface area (Å²) in [5.41, 5.74) is 0. The van der Waals surface area contributed by atoms with Crippen LogP contribution in [0.1, 0.15) is 39.0 Å². The summed E-state index contributed by atoms with van der Waals surface area (Å²) in [6.07, 6.45) is 6.19. The molecule has 0 bridgehead atoms. The molecule has 2 fully saturated rings. The summed E-state index contributed by atoms with van der Waals surface area (Å²) in [4.78, 5) is 28.7. The van der Waals surface area contributed by atoms with Crippen molar-refractivity contribution in [3.05, 3.63) is 12.7 Å². The monoisotopic (exact) mass is 307 g/mol. The van der Waals surface area contributed by atoms with Gasteiger partial charge in [0.15, 0.2) is 0 Å². The third kappa shape index (κ3) is 4.57. The van der Waals surface area contributed by atoms with Crippen LogP contribution < -0.4 is 5.32 Å². The number of nitrogens with one attached hydrogen (secondary N) is 1. The molecule has 2 amide bonds. The van der Waals surface area contributed by atoms with Crippen LogP contribution >= 0.6 is 0 Å². The van der Waals surface area contributed by atoms with Gasteiger partial charge in [0, 0.05) is 32.7 Å². The van der Waals surface area contributed by atoms with Gasteiger partial charge in [0.1, 0.15) is 0 Å². The van der Waals surface area contributed by atoms with Gasteiger partial charge in [-0.2, -0.15) is 0 Å². The Balaban J connectivity index is 1.82. The van der Waals surface area contributed by atoms with Crippen LogP contribution in [0.5, 0.6) is 0 Å². The first-order valence-electron chi connectivity index (χ1n) is 8.52. The smallest absolute Gasteiger partial charge is 0.240 e. The average Bonchev–Trinajstić information content (AvgIpc) is 2.51. The Morgan fingerprint density at radius 3 is 2.77 bits per heavy atom. The molecule has 1 N–H and O–H groups in total. The molecule has 0 spiro atoms. The Bertz CT molecular complexity index is 403. The molecule has 0 aromatic rings. The summed E-state index contributed by atoms with van der Waals surface area (Å²) < 4.78 is 0. The van der Waals surface area contributed by atoms with E-state index in [-0.39, 0.29) is 17.9 Å². The minimum absolute atomic E-state index is 0.0778. The number of likely N-dealkylation sites (tertiary alicyclic amines) is 1.